The van der Waals surface area contributed by atoms with E-state index in [1.807, 2.05) is 60.7 Å². The molecule has 148 valence electrons. The fourth-order valence-electron chi connectivity index (χ4n) is 3.81. The van der Waals surface area contributed by atoms with Crippen molar-refractivity contribution in [3.05, 3.63) is 96.1 Å². The van der Waals surface area contributed by atoms with Crippen molar-refractivity contribution < 1.29 is 9.18 Å². The van der Waals surface area contributed by atoms with Gasteiger partial charge in [-0.2, -0.15) is 0 Å². The molecule has 0 N–H and O–H groups in total. The van der Waals surface area contributed by atoms with Gasteiger partial charge in [-0.25, -0.2) is 14.1 Å². The number of para-hydroxylation sites is 1. The molecule has 1 aliphatic rings. The van der Waals surface area contributed by atoms with E-state index in [0.29, 0.717) is 18.1 Å². The van der Waals surface area contributed by atoms with Crippen LogP contribution in [0.2, 0.25) is 0 Å². The number of carbonyl (C=O) groups is 1. The first-order valence-corrected chi connectivity index (χ1v) is 9.89. The van der Waals surface area contributed by atoms with E-state index in [0.717, 1.165) is 29.7 Å². The number of carbonyl (C=O) groups excluding carboxylic acids is 1. The third-order valence-electron chi connectivity index (χ3n) is 5.24. The summed E-state index contributed by atoms with van der Waals surface area (Å²) < 4.78 is 15.6. The van der Waals surface area contributed by atoms with Gasteiger partial charge in [-0.15, -0.1) is 5.10 Å². The van der Waals surface area contributed by atoms with Crippen molar-refractivity contribution in [3.63, 3.8) is 0 Å². The normalized spacial score (nSPS) is 13.2. The van der Waals surface area contributed by atoms with Crippen molar-refractivity contribution in [1.82, 2.24) is 14.8 Å². The molecular formula is C24H19FN4O. The summed E-state index contributed by atoms with van der Waals surface area (Å²) in [6.45, 7) is 0.510. The Bertz CT molecular complexity index is 1150. The van der Waals surface area contributed by atoms with Gasteiger partial charge >= 0.3 is 0 Å². The topological polar surface area (TPSA) is 51.0 Å². The van der Waals surface area contributed by atoms with Crippen molar-refractivity contribution >= 4 is 11.6 Å². The second-order valence-corrected chi connectivity index (χ2v) is 7.21. The summed E-state index contributed by atoms with van der Waals surface area (Å²) in [4.78, 5) is 19.5. The molecule has 0 unspecified atom stereocenters. The van der Waals surface area contributed by atoms with E-state index >= 15 is 0 Å². The number of nitrogens with zero attached hydrogens (tertiary/aromatic N) is 4. The molecule has 0 saturated carbocycles. The van der Waals surface area contributed by atoms with Crippen LogP contribution in [0.15, 0.2) is 78.9 Å². The Morgan fingerprint density at radius 3 is 2.43 bits per heavy atom. The van der Waals surface area contributed by atoms with E-state index in [4.69, 9.17) is 0 Å². The molecule has 1 aliphatic heterocycles. The van der Waals surface area contributed by atoms with Gasteiger partial charge in [-0.05, 0) is 42.7 Å². The minimum Gasteiger partial charge on any atom is -0.305 e. The molecule has 0 bridgehead atoms. The molecule has 2 heterocycles. The lowest BCUT2D eigenvalue weighted by Gasteiger charge is -2.28. The molecule has 0 atom stereocenters. The lowest BCUT2D eigenvalue weighted by atomic mass is 10.0. The van der Waals surface area contributed by atoms with Crippen LogP contribution in [-0.4, -0.2) is 27.2 Å². The van der Waals surface area contributed by atoms with E-state index in [1.54, 1.807) is 15.6 Å². The highest BCUT2D eigenvalue weighted by Gasteiger charge is 2.28. The number of aryl methyl sites for hydroxylation is 1. The molecule has 0 aliphatic carbocycles. The maximum Gasteiger partial charge on any atom is 0.297 e. The van der Waals surface area contributed by atoms with Crippen LogP contribution >= 0.6 is 0 Å². The van der Waals surface area contributed by atoms with Crippen LogP contribution in [0.4, 0.5) is 10.1 Å². The number of rotatable bonds is 3. The summed E-state index contributed by atoms with van der Waals surface area (Å²) >= 11 is 0. The van der Waals surface area contributed by atoms with Crippen LogP contribution in [0.3, 0.4) is 0 Å². The van der Waals surface area contributed by atoms with E-state index < -0.39 is 0 Å². The molecular weight excluding hydrogens is 379 g/mol. The standard InChI is InChI=1S/C24H19FN4O/c25-19-14-13-17-10-7-15-28(21(17)16-19)24(30)22-26-23(18-8-3-1-4-9-18)29(27-22)20-11-5-2-6-12-20/h1-6,8-9,11-14,16H,7,10,15H2. The molecule has 1 aromatic heterocycles. The van der Waals surface area contributed by atoms with Crippen LogP contribution in [0.5, 0.6) is 0 Å². The Labute approximate surface area is 173 Å². The van der Waals surface area contributed by atoms with Gasteiger partial charge in [0, 0.05) is 12.1 Å². The van der Waals surface area contributed by atoms with Gasteiger partial charge in [0.25, 0.3) is 5.91 Å². The van der Waals surface area contributed by atoms with Gasteiger partial charge in [0.15, 0.2) is 5.82 Å². The summed E-state index contributed by atoms with van der Waals surface area (Å²) in [6.07, 6.45) is 1.63. The van der Waals surface area contributed by atoms with Crippen molar-refractivity contribution in [2.24, 2.45) is 0 Å². The first kappa shape index (κ1) is 18.2. The number of aromatic nitrogens is 3. The minimum absolute atomic E-state index is 0.0924. The number of fused-ring (bicyclic) bond motifs is 1. The zero-order chi connectivity index (χ0) is 20.5. The molecule has 30 heavy (non-hydrogen) atoms. The highest BCUT2D eigenvalue weighted by atomic mass is 19.1. The molecule has 1 amide bonds. The monoisotopic (exact) mass is 398 g/mol. The van der Waals surface area contributed by atoms with E-state index in [1.165, 1.54) is 12.1 Å². The first-order valence-electron chi connectivity index (χ1n) is 9.89. The fourth-order valence-corrected chi connectivity index (χ4v) is 3.81. The SMILES string of the molecule is O=C(c1nc(-c2ccccc2)n(-c2ccccc2)n1)N1CCCc2ccc(F)cc21. The highest BCUT2D eigenvalue weighted by Crippen LogP contribution is 2.29. The van der Waals surface area contributed by atoms with Gasteiger partial charge in [-0.3, -0.25) is 4.79 Å². The molecule has 4 aromatic rings. The average molecular weight is 398 g/mol. The van der Waals surface area contributed by atoms with Gasteiger partial charge in [-0.1, -0.05) is 54.6 Å². The third-order valence-corrected chi connectivity index (χ3v) is 5.24. The Kier molecular flexibility index (Phi) is 4.59. The molecule has 5 rings (SSSR count). The second kappa shape index (κ2) is 7.55. The zero-order valence-electron chi connectivity index (χ0n) is 16.2. The summed E-state index contributed by atoms with van der Waals surface area (Å²) in [5.41, 5.74) is 3.23. The maximum absolute atomic E-state index is 13.9. The van der Waals surface area contributed by atoms with Gasteiger partial charge < -0.3 is 4.90 Å². The van der Waals surface area contributed by atoms with E-state index in [-0.39, 0.29) is 17.5 Å². The number of benzene rings is 3. The van der Waals surface area contributed by atoms with Crippen molar-refractivity contribution in [3.8, 4) is 17.1 Å². The van der Waals surface area contributed by atoms with E-state index in [2.05, 4.69) is 10.1 Å². The Morgan fingerprint density at radius 2 is 1.67 bits per heavy atom. The van der Waals surface area contributed by atoms with Gasteiger partial charge in [0.05, 0.1) is 11.4 Å². The first-order chi connectivity index (χ1) is 14.7. The lowest BCUT2D eigenvalue weighted by Crippen LogP contribution is -2.36. The quantitative estimate of drug-likeness (QED) is 0.504. The summed E-state index contributed by atoms with van der Waals surface area (Å²) in [5, 5.41) is 4.55. The van der Waals surface area contributed by atoms with Crippen LogP contribution in [-0.2, 0) is 6.42 Å². The summed E-state index contributed by atoms with van der Waals surface area (Å²) in [6, 6.07) is 23.8. The minimum atomic E-state index is -0.360. The van der Waals surface area contributed by atoms with Crippen molar-refractivity contribution in [2.45, 2.75) is 12.8 Å². The number of anilines is 1. The predicted molar refractivity (Wildman–Crippen MR) is 113 cm³/mol. The maximum atomic E-state index is 13.9. The smallest absolute Gasteiger partial charge is 0.297 e. The molecule has 0 radical (unpaired) electrons. The van der Waals surface area contributed by atoms with E-state index in [9.17, 15) is 9.18 Å². The van der Waals surface area contributed by atoms with Crippen LogP contribution < -0.4 is 4.90 Å². The zero-order valence-corrected chi connectivity index (χ0v) is 16.2. The summed E-state index contributed by atoms with van der Waals surface area (Å²) in [7, 11) is 0. The molecule has 6 heteroatoms. The molecule has 0 spiro atoms. The van der Waals surface area contributed by atoms with Gasteiger partial charge in [0.1, 0.15) is 5.82 Å². The number of hydrogen-bond acceptors (Lipinski definition) is 3. The highest BCUT2D eigenvalue weighted by molar-refractivity contribution is 6.04. The average Bonchev–Trinajstić information content (AvgIpc) is 3.25. The van der Waals surface area contributed by atoms with Crippen LogP contribution in [0.1, 0.15) is 22.6 Å². The number of hydrogen-bond donors (Lipinski definition) is 0. The van der Waals surface area contributed by atoms with Gasteiger partial charge in [0.2, 0.25) is 5.82 Å². The Balaban J connectivity index is 1.60. The van der Waals surface area contributed by atoms with Crippen LogP contribution in [0, 0.1) is 5.82 Å². The Morgan fingerprint density at radius 1 is 0.933 bits per heavy atom. The van der Waals surface area contributed by atoms with Crippen molar-refractivity contribution in [2.75, 3.05) is 11.4 Å². The Hall–Kier alpha value is -3.80. The second-order valence-electron chi connectivity index (χ2n) is 7.21. The third kappa shape index (κ3) is 3.26. The summed E-state index contributed by atoms with van der Waals surface area (Å²) in [5.74, 6) is -0.00828. The number of halogens is 1. The largest absolute Gasteiger partial charge is 0.305 e. The molecule has 0 fully saturated rings. The van der Waals surface area contributed by atoms with Crippen LogP contribution in [0.25, 0.3) is 17.1 Å². The number of amides is 1. The lowest BCUT2D eigenvalue weighted by molar-refractivity contribution is 0.0975. The fraction of sp³-hybridized carbons (Fsp3) is 0.125. The molecule has 0 saturated heterocycles. The van der Waals surface area contributed by atoms with Crippen molar-refractivity contribution in [1.29, 1.82) is 0 Å². The molecule has 3 aromatic carbocycles. The molecule has 5 nitrogen and oxygen atoms in total. The predicted octanol–water partition coefficient (Wildman–Crippen LogP) is 4.67.